The third-order valence-electron chi connectivity index (χ3n) is 6.69. The number of anilines is 1. The van der Waals surface area contributed by atoms with Crippen LogP contribution in [0.2, 0.25) is 0 Å². The molecule has 0 bridgehead atoms. The minimum atomic E-state index is -0.867. The quantitative estimate of drug-likeness (QED) is 0.562. The summed E-state index contributed by atoms with van der Waals surface area (Å²) in [5.41, 5.74) is 1.38. The first-order valence-electron chi connectivity index (χ1n) is 11.8. The molecule has 2 N–H and O–H groups in total. The summed E-state index contributed by atoms with van der Waals surface area (Å²) in [6.45, 7) is 3.04. The molecule has 2 fully saturated rings. The number of amides is 1. The molecular weight excluding hydrogens is 449 g/mol. The van der Waals surface area contributed by atoms with Gasteiger partial charge in [0, 0.05) is 50.6 Å². The Morgan fingerprint density at radius 3 is 2.54 bits per heavy atom. The van der Waals surface area contributed by atoms with Gasteiger partial charge >= 0.3 is 0 Å². The van der Waals surface area contributed by atoms with E-state index in [1.807, 2.05) is 18.2 Å². The number of ether oxygens (including phenoxy) is 1. The molecule has 5 rings (SSSR count). The maximum atomic E-state index is 13.7. The molecule has 2 aromatic carbocycles. The molecule has 9 heteroatoms. The highest BCUT2D eigenvalue weighted by molar-refractivity contribution is 5.92. The highest BCUT2D eigenvalue weighted by atomic mass is 19.1. The second-order valence-electron chi connectivity index (χ2n) is 8.88. The number of carbonyl (C=O) groups is 1. The first-order valence-corrected chi connectivity index (χ1v) is 11.8. The van der Waals surface area contributed by atoms with Crippen molar-refractivity contribution in [3.63, 3.8) is 0 Å². The maximum absolute atomic E-state index is 13.7. The molecule has 182 valence electrons. The van der Waals surface area contributed by atoms with Crippen molar-refractivity contribution in [2.24, 2.45) is 0 Å². The average molecular weight is 478 g/mol. The normalized spacial score (nSPS) is 24.8. The van der Waals surface area contributed by atoms with Gasteiger partial charge in [-0.25, -0.2) is 4.39 Å². The molecule has 4 atom stereocenters. The third kappa shape index (κ3) is 5.26. The van der Waals surface area contributed by atoms with Crippen LogP contribution in [0.15, 0.2) is 72.9 Å². The Hall–Kier alpha value is -3.56. The van der Waals surface area contributed by atoms with E-state index < -0.39 is 18.0 Å². The van der Waals surface area contributed by atoms with Crippen LogP contribution in [0.4, 0.5) is 10.1 Å². The number of carbonyl (C=O) groups excluding carboxylic acids is 1. The summed E-state index contributed by atoms with van der Waals surface area (Å²) in [4.78, 5) is 17.4. The predicted molar refractivity (Wildman–Crippen MR) is 129 cm³/mol. The molecule has 0 radical (unpaired) electrons. The fraction of sp³-hybridized carbons (Fsp3) is 0.346. The van der Waals surface area contributed by atoms with E-state index in [0.717, 1.165) is 26.2 Å². The highest BCUT2D eigenvalue weighted by Crippen LogP contribution is 2.31. The monoisotopic (exact) mass is 477 g/mol. The molecule has 3 aromatic rings. The summed E-state index contributed by atoms with van der Waals surface area (Å²) in [5.74, 6) is -0.409. The van der Waals surface area contributed by atoms with Gasteiger partial charge in [0.1, 0.15) is 23.8 Å². The first kappa shape index (κ1) is 23.2. The zero-order chi connectivity index (χ0) is 24.2. The number of para-hydroxylation sites is 1. The van der Waals surface area contributed by atoms with E-state index >= 15 is 0 Å². The van der Waals surface area contributed by atoms with Crippen molar-refractivity contribution in [2.45, 2.75) is 30.7 Å². The van der Waals surface area contributed by atoms with Crippen LogP contribution in [0.3, 0.4) is 0 Å². The Bertz CT molecular complexity index is 1130. The lowest BCUT2D eigenvalue weighted by atomic mass is 10.1. The third-order valence-corrected chi connectivity index (χ3v) is 6.69. The molecule has 1 aromatic heterocycles. The van der Waals surface area contributed by atoms with Crippen molar-refractivity contribution < 1.29 is 19.0 Å². The van der Waals surface area contributed by atoms with Gasteiger partial charge in [0.05, 0.1) is 12.1 Å². The fourth-order valence-corrected chi connectivity index (χ4v) is 5.02. The van der Waals surface area contributed by atoms with Crippen LogP contribution in [-0.4, -0.2) is 76.6 Å². The van der Waals surface area contributed by atoms with Crippen LogP contribution in [0.1, 0.15) is 16.9 Å². The molecule has 2 aliphatic rings. The van der Waals surface area contributed by atoms with Crippen molar-refractivity contribution in [1.29, 1.82) is 0 Å². The van der Waals surface area contributed by atoms with Crippen molar-refractivity contribution in [3.8, 4) is 5.75 Å². The largest absolute Gasteiger partial charge is 0.487 e. The summed E-state index contributed by atoms with van der Waals surface area (Å²) < 4.78 is 19.7. The van der Waals surface area contributed by atoms with E-state index in [-0.39, 0.29) is 23.7 Å². The van der Waals surface area contributed by atoms with E-state index in [1.54, 1.807) is 24.3 Å². The number of aliphatic hydroxyl groups is 1. The Kier molecular flexibility index (Phi) is 6.87. The number of piperazine rings is 1. The number of hydrogen-bond acceptors (Lipinski definition) is 7. The van der Waals surface area contributed by atoms with Gasteiger partial charge in [0.15, 0.2) is 5.69 Å². The fourth-order valence-electron chi connectivity index (χ4n) is 5.02. The molecule has 8 nitrogen and oxygen atoms in total. The lowest BCUT2D eigenvalue weighted by Gasteiger charge is -2.42. The number of nitrogens with one attached hydrogen (secondary N) is 1. The number of hydrogen-bond donors (Lipinski definition) is 2. The van der Waals surface area contributed by atoms with E-state index in [1.165, 1.54) is 24.0 Å². The number of aromatic nitrogens is 2. The van der Waals surface area contributed by atoms with Gasteiger partial charge in [0.2, 0.25) is 0 Å². The smallest absolute Gasteiger partial charge is 0.272 e. The predicted octanol–water partition coefficient (Wildman–Crippen LogP) is 2.12. The van der Waals surface area contributed by atoms with E-state index in [9.17, 15) is 14.3 Å². The standard InChI is InChI=1S/C26H28FN5O3/c27-18-6-4-9-20(16-18)35-23-17-22(29-26(34)21-10-5-11-28-30-21)24(25(23)33)32-14-12-31(13-15-32)19-7-2-1-3-8-19/h1-11,16,22-25,33H,12-15,17H2,(H,29,34)/t22-,23-,24+,25+/m1/s1. The molecule has 1 aliphatic carbocycles. The van der Waals surface area contributed by atoms with Gasteiger partial charge in [-0.15, -0.1) is 5.10 Å². The van der Waals surface area contributed by atoms with Crippen LogP contribution in [0, 0.1) is 5.82 Å². The van der Waals surface area contributed by atoms with E-state index in [0.29, 0.717) is 12.2 Å². The van der Waals surface area contributed by atoms with Gasteiger partial charge in [-0.3, -0.25) is 9.69 Å². The number of benzene rings is 2. The zero-order valence-electron chi connectivity index (χ0n) is 19.2. The summed E-state index contributed by atoms with van der Waals surface area (Å²) in [7, 11) is 0. The van der Waals surface area contributed by atoms with Crippen molar-refractivity contribution in [3.05, 3.63) is 84.4 Å². The molecule has 1 saturated carbocycles. The summed E-state index contributed by atoms with van der Waals surface area (Å²) in [5, 5.41) is 22.0. The highest BCUT2D eigenvalue weighted by Gasteiger charge is 2.48. The molecule has 1 amide bonds. The molecule has 1 aliphatic heterocycles. The Balaban J connectivity index is 1.32. The van der Waals surface area contributed by atoms with Crippen molar-refractivity contribution in [2.75, 3.05) is 31.1 Å². The zero-order valence-corrected chi connectivity index (χ0v) is 19.2. The van der Waals surface area contributed by atoms with Crippen LogP contribution >= 0.6 is 0 Å². The number of rotatable bonds is 6. The van der Waals surface area contributed by atoms with Crippen molar-refractivity contribution >= 4 is 11.6 Å². The molecular formula is C26H28FN5O3. The van der Waals surface area contributed by atoms with Crippen LogP contribution < -0.4 is 15.0 Å². The summed E-state index contributed by atoms with van der Waals surface area (Å²) >= 11 is 0. The molecule has 2 heterocycles. The van der Waals surface area contributed by atoms with Crippen LogP contribution in [-0.2, 0) is 0 Å². The first-order chi connectivity index (χ1) is 17.1. The Morgan fingerprint density at radius 1 is 1.03 bits per heavy atom. The van der Waals surface area contributed by atoms with Gasteiger partial charge in [0.25, 0.3) is 5.91 Å². The SMILES string of the molecule is O=C(N[C@@H]1C[C@@H](Oc2cccc(F)c2)[C@H](O)[C@H]1N1CCN(c2ccccc2)CC1)c1cccnn1. The minimum absolute atomic E-state index is 0.212. The lowest BCUT2D eigenvalue weighted by Crippen LogP contribution is -2.59. The second-order valence-corrected chi connectivity index (χ2v) is 8.88. The van der Waals surface area contributed by atoms with Crippen molar-refractivity contribution in [1.82, 2.24) is 20.4 Å². The number of halogens is 1. The van der Waals surface area contributed by atoms with Gasteiger partial charge < -0.3 is 20.1 Å². The Labute approximate surface area is 203 Å². The van der Waals surface area contributed by atoms with Crippen LogP contribution in [0.5, 0.6) is 5.75 Å². The van der Waals surface area contributed by atoms with E-state index in [4.69, 9.17) is 4.74 Å². The average Bonchev–Trinajstić information content (AvgIpc) is 3.19. The van der Waals surface area contributed by atoms with Gasteiger partial charge in [-0.2, -0.15) is 5.10 Å². The maximum Gasteiger partial charge on any atom is 0.272 e. The Morgan fingerprint density at radius 2 is 1.83 bits per heavy atom. The topological polar surface area (TPSA) is 90.8 Å². The molecule has 35 heavy (non-hydrogen) atoms. The lowest BCUT2D eigenvalue weighted by molar-refractivity contribution is 0.00527. The van der Waals surface area contributed by atoms with Gasteiger partial charge in [-0.1, -0.05) is 24.3 Å². The minimum Gasteiger partial charge on any atom is -0.487 e. The van der Waals surface area contributed by atoms with Crippen LogP contribution in [0.25, 0.3) is 0 Å². The molecule has 0 spiro atoms. The number of nitrogens with zero attached hydrogens (tertiary/aromatic N) is 4. The summed E-state index contributed by atoms with van der Waals surface area (Å²) in [6.07, 6.45) is 0.427. The van der Waals surface area contributed by atoms with Gasteiger partial charge in [-0.05, 0) is 36.4 Å². The molecule has 1 saturated heterocycles. The second kappa shape index (κ2) is 10.4. The molecule has 0 unspecified atom stereocenters. The number of aliphatic hydroxyl groups excluding tert-OH is 1. The van der Waals surface area contributed by atoms with E-state index in [2.05, 4.69) is 37.4 Å². The summed E-state index contributed by atoms with van der Waals surface area (Å²) in [6, 6.07) is 18.6.